The summed E-state index contributed by atoms with van der Waals surface area (Å²) in [6, 6.07) is 87.1. The Morgan fingerprint density at radius 1 is 0.296 bits per heavy atom. The second-order valence-corrected chi connectivity index (χ2v) is 29.8. The van der Waals surface area contributed by atoms with Crippen LogP contribution in [0.4, 0.5) is 0 Å². The van der Waals surface area contributed by atoms with E-state index in [1.54, 1.807) is 0 Å². The Bertz CT molecular complexity index is 6610. The van der Waals surface area contributed by atoms with Crippen molar-refractivity contribution in [1.82, 2.24) is 29.9 Å². The van der Waals surface area contributed by atoms with Crippen molar-refractivity contribution in [2.75, 3.05) is 0 Å². The molecule has 6 aromatic heterocycles. The van der Waals surface area contributed by atoms with Crippen LogP contribution in [0.3, 0.4) is 0 Å². The van der Waals surface area contributed by atoms with Gasteiger partial charge in [-0.2, -0.15) is 9.97 Å². The highest BCUT2D eigenvalue weighted by Gasteiger charge is 2.53. The predicted molar refractivity (Wildman–Crippen MR) is 437 cm³/mol. The first-order valence-corrected chi connectivity index (χ1v) is 37.7. The second-order valence-electron chi connectivity index (χ2n) is 29.5. The summed E-state index contributed by atoms with van der Waals surface area (Å²) >= 11 is 6.21. The average Bonchev–Trinajstić information content (AvgIpc) is 1.55. The molecule has 0 spiro atoms. The molecule has 7 heterocycles. The van der Waals surface area contributed by atoms with Gasteiger partial charge in [0.2, 0.25) is 5.28 Å². The maximum atomic E-state index is 6.40. The Labute approximate surface area is 629 Å². The van der Waals surface area contributed by atoms with Gasteiger partial charge in [-0.05, 0) is 170 Å². The topological polar surface area (TPSA) is 148 Å². The molecule has 14 heteroatoms. The van der Waals surface area contributed by atoms with Gasteiger partial charge in [0.05, 0.1) is 11.2 Å². The van der Waals surface area contributed by atoms with Crippen LogP contribution in [-0.2, 0) is 20.1 Å². The van der Waals surface area contributed by atoms with Crippen LogP contribution >= 0.6 is 11.6 Å². The van der Waals surface area contributed by atoms with Gasteiger partial charge in [0, 0.05) is 81.7 Å². The Hall–Kier alpha value is -11.9. The van der Waals surface area contributed by atoms with Crippen LogP contribution < -0.4 is 5.46 Å². The summed E-state index contributed by atoms with van der Waals surface area (Å²) in [5.74, 6) is 2.98. The molecule has 0 radical (unpaired) electrons. The third-order valence-electron chi connectivity index (χ3n) is 23.5. The summed E-state index contributed by atoms with van der Waals surface area (Å²) in [5.41, 5.74) is 22.5. The number of halogens is 1. The molecule has 526 valence electrons. The van der Waals surface area contributed by atoms with Crippen molar-refractivity contribution < 1.29 is 27.0 Å². The molecule has 2 aliphatic carbocycles. The van der Waals surface area contributed by atoms with Crippen molar-refractivity contribution >= 4 is 112 Å². The number of benzene rings is 12. The van der Waals surface area contributed by atoms with Gasteiger partial charge in [-0.15, -0.1) is 0 Å². The smallest absolute Gasteiger partial charge is 0.456 e. The third-order valence-corrected chi connectivity index (χ3v) is 23.7. The molecule has 3 aliphatic rings. The summed E-state index contributed by atoms with van der Waals surface area (Å²) < 4.78 is 37.6. The van der Waals surface area contributed by atoms with Crippen LogP contribution in [0.2, 0.25) is 5.28 Å². The minimum atomic E-state index is -0.356. The summed E-state index contributed by atoms with van der Waals surface area (Å²) in [6.45, 7) is 17.7. The summed E-state index contributed by atoms with van der Waals surface area (Å²) in [7, 11) is -0.356. The summed E-state index contributed by atoms with van der Waals surface area (Å²) in [6.07, 6.45) is 4.03. The Morgan fingerprint density at radius 3 is 1.10 bits per heavy atom. The lowest BCUT2D eigenvalue weighted by Gasteiger charge is -2.32. The lowest BCUT2D eigenvalue weighted by atomic mass is 9.70. The largest absolute Gasteiger partial charge is 0.494 e. The van der Waals surface area contributed by atoms with Gasteiger partial charge in [0.15, 0.2) is 29.1 Å². The van der Waals surface area contributed by atoms with E-state index in [2.05, 4.69) is 192 Å². The zero-order valence-electron chi connectivity index (χ0n) is 61.2. The fraction of sp³-hybridized carbons (Fsp3) is 0.170. The third kappa shape index (κ3) is 10.5. The van der Waals surface area contributed by atoms with Crippen LogP contribution in [0.5, 0.6) is 0 Å². The van der Waals surface area contributed by atoms with Gasteiger partial charge in [-0.25, -0.2) is 19.9 Å². The molecule has 0 amide bonds. The van der Waals surface area contributed by atoms with Gasteiger partial charge >= 0.3 is 7.12 Å². The lowest BCUT2D eigenvalue weighted by molar-refractivity contribution is 0.00578. The number of hydrogen-bond acceptors (Lipinski definition) is 12. The quantitative estimate of drug-likeness (QED) is 0.120. The Morgan fingerprint density at radius 2 is 0.648 bits per heavy atom. The molecule has 0 unspecified atom stereocenters. The van der Waals surface area contributed by atoms with Crippen molar-refractivity contribution in [3.63, 3.8) is 0 Å². The fourth-order valence-corrected chi connectivity index (χ4v) is 17.5. The minimum absolute atomic E-state index is 0.0309. The molecule has 0 N–H and O–H groups in total. The number of para-hydroxylation sites is 4. The van der Waals surface area contributed by atoms with Crippen molar-refractivity contribution in [3.05, 3.63) is 282 Å². The number of fused-ring (bicyclic) bond motifs is 20. The maximum absolute atomic E-state index is 6.40. The fourth-order valence-electron chi connectivity index (χ4n) is 17.4. The number of hydrogen-bond donors (Lipinski definition) is 0. The lowest BCUT2D eigenvalue weighted by Crippen LogP contribution is -2.41. The van der Waals surface area contributed by atoms with Gasteiger partial charge in [0.1, 0.15) is 44.7 Å². The van der Waals surface area contributed by atoms with E-state index >= 15 is 0 Å². The van der Waals surface area contributed by atoms with Crippen molar-refractivity contribution in [1.29, 1.82) is 0 Å². The van der Waals surface area contributed by atoms with E-state index in [9.17, 15) is 0 Å². The van der Waals surface area contributed by atoms with Crippen molar-refractivity contribution in [2.24, 2.45) is 0 Å². The summed E-state index contributed by atoms with van der Waals surface area (Å²) in [4.78, 5) is 28.7. The van der Waals surface area contributed by atoms with E-state index in [0.717, 1.165) is 131 Å². The zero-order chi connectivity index (χ0) is 73.4. The Balaban J connectivity index is 0.000000117. The van der Waals surface area contributed by atoms with Crippen molar-refractivity contribution in [3.8, 4) is 79.2 Å². The van der Waals surface area contributed by atoms with Crippen LogP contribution in [0.15, 0.2) is 272 Å². The molecule has 0 atom stereocenters. The summed E-state index contributed by atoms with van der Waals surface area (Å²) in [5, 5.41) is 8.98. The molecular weight excluding hydrogens is 1360 g/mol. The molecule has 18 aromatic rings. The molecule has 12 nitrogen and oxygen atoms in total. The van der Waals surface area contributed by atoms with Gasteiger partial charge < -0.3 is 27.0 Å². The predicted octanol–water partition coefficient (Wildman–Crippen LogP) is 24.5. The van der Waals surface area contributed by atoms with E-state index in [4.69, 9.17) is 53.5 Å². The molecule has 0 saturated carbocycles. The van der Waals surface area contributed by atoms with E-state index in [0.29, 0.717) is 29.1 Å². The maximum Gasteiger partial charge on any atom is 0.494 e. The normalized spacial score (nSPS) is 14.9. The SMILES string of the molecule is CCC1(CC)c2cc(-c3nc(-c4ccccc4)nc(-c4cccc5oc6ccccc6c45)n3)ccc2-c2c1ccc1oc3ccccc3c21.CCC1(CC)c2cc(B3OC(C)(C)C(C)(C)O3)ccc2-c2c1ccc1oc3ccccc3c21.Clc1nc(-c2ccccc2)nc(-c2cccc3oc4ccccc4c23)n1. The number of furan rings is 4. The van der Waals surface area contributed by atoms with Crippen LogP contribution in [0, 0.1) is 0 Å². The molecule has 21 rings (SSSR count). The van der Waals surface area contributed by atoms with E-state index in [1.165, 1.54) is 60.7 Å². The van der Waals surface area contributed by atoms with E-state index in [-0.39, 0.29) is 34.4 Å². The van der Waals surface area contributed by atoms with Crippen LogP contribution in [-0.4, -0.2) is 48.2 Å². The Kier molecular flexibility index (Phi) is 15.9. The standard InChI is InChI=1S/C44H31N3O2.C29H31BO3.C21H12ClN3O/c1-3-44(4-2)32-23-24-37-40(30-16-9-11-19-35(30)49-37)39(32)28-22-21-27(25-33(28)44)42-45-41(26-13-6-5-7-14-26)46-43(47-42)31-17-12-20-36-38(31)29-15-8-10-18-34(29)48-36;1-7-29(8-2)21-15-16-24-26(20-11-9-10-12-23(20)31-24)25(21)19-14-13-18(17-22(19)29)30-32-27(3,4)28(5,6)33-30;22-21-24-19(13-7-2-1-3-8-13)23-20(25-21)15-10-6-12-17-18(15)14-9-4-5-11-16(14)26-17/h5-25H,3-4H2,1-2H3;9-17H,7-8H2,1-6H3;1-12H. The first kappa shape index (κ1) is 66.8. The average molecular weight is 1430 g/mol. The second kappa shape index (κ2) is 25.7. The van der Waals surface area contributed by atoms with Crippen LogP contribution in [0.1, 0.15) is 103 Å². The molecule has 1 aliphatic heterocycles. The monoisotopic (exact) mass is 1430 g/mol. The van der Waals surface area contributed by atoms with E-state index < -0.39 is 0 Å². The van der Waals surface area contributed by atoms with Crippen molar-refractivity contribution in [2.45, 2.75) is 103 Å². The number of nitrogens with zero attached hydrogens (tertiary/aromatic N) is 6. The van der Waals surface area contributed by atoms with Gasteiger partial charge in [-0.1, -0.05) is 228 Å². The minimum Gasteiger partial charge on any atom is -0.456 e. The first-order valence-electron chi connectivity index (χ1n) is 37.3. The zero-order valence-corrected chi connectivity index (χ0v) is 61.9. The highest BCUT2D eigenvalue weighted by molar-refractivity contribution is 6.62. The van der Waals surface area contributed by atoms with Crippen LogP contribution in [0.25, 0.3) is 167 Å². The molecule has 0 bridgehead atoms. The van der Waals surface area contributed by atoms with E-state index in [1.807, 2.05) is 133 Å². The molecule has 1 saturated heterocycles. The molecule has 12 aromatic carbocycles. The molecule has 108 heavy (non-hydrogen) atoms. The molecular formula is C94H74BClN6O6. The first-order chi connectivity index (χ1) is 52.7. The van der Waals surface area contributed by atoms with Gasteiger partial charge in [0.25, 0.3) is 0 Å². The highest BCUT2D eigenvalue weighted by atomic mass is 35.5. The van der Waals surface area contributed by atoms with Gasteiger partial charge in [-0.3, -0.25) is 0 Å². The molecule has 1 fully saturated rings. The number of aromatic nitrogens is 6. The number of rotatable bonds is 10. The highest BCUT2D eigenvalue weighted by Crippen LogP contribution is 2.58.